The SMILES string of the molecule is CCC1C(=O)NCCN1Cc1ccc(C#CCN)cc1. The molecule has 106 valence electrons. The molecule has 0 aliphatic carbocycles. The summed E-state index contributed by atoms with van der Waals surface area (Å²) in [5.41, 5.74) is 7.54. The fraction of sp³-hybridized carbons (Fsp3) is 0.438. The predicted molar refractivity (Wildman–Crippen MR) is 79.9 cm³/mol. The largest absolute Gasteiger partial charge is 0.353 e. The molecule has 1 saturated heterocycles. The molecule has 1 aliphatic heterocycles. The molecule has 0 aromatic heterocycles. The van der Waals surface area contributed by atoms with Gasteiger partial charge in [0.05, 0.1) is 12.6 Å². The van der Waals surface area contributed by atoms with E-state index >= 15 is 0 Å². The van der Waals surface area contributed by atoms with Gasteiger partial charge in [-0.05, 0) is 24.1 Å². The van der Waals surface area contributed by atoms with Crippen LogP contribution in [0.2, 0.25) is 0 Å². The van der Waals surface area contributed by atoms with Gasteiger partial charge in [0.2, 0.25) is 5.91 Å². The van der Waals surface area contributed by atoms with Crippen LogP contribution < -0.4 is 11.1 Å². The number of hydrogen-bond acceptors (Lipinski definition) is 3. The number of benzene rings is 1. The Morgan fingerprint density at radius 3 is 2.80 bits per heavy atom. The van der Waals surface area contributed by atoms with Gasteiger partial charge in [-0.2, -0.15) is 0 Å². The number of nitrogens with two attached hydrogens (primary N) is 1. The summed E-state index contributed by atoms with van der Waals surface area (Å²) in [6.45, 7) is 4.86. The van der Waals surface area contributed by atoms with E-state index in [1.807, 2.05) is 19.1 Å². The Morgan fingerprint density at radius 2 is 2.15 bits per heavy atom. The van der Waals surface area contributed by atoms with Gasteiger partial charge in [-0.1, -0.05) is 30.9 Å². The van der Waals surface area contributed by atoms with Crippen molar-refractivity contribution in [1.29, 1.82) is 0 Å². The topological polar surface area (TPSA) is 58.4 Å². The van der Waals surface area contributed by atoms with E-state index in [0.717, 1.165) is 31.6 Å². The molecule has 1 atom stereocenters. The highest BCUT2D eigenvalue weighted by Crippen LogP contribution is 2.14. The van der Waals surface area contributed by atoms with Crippen molar-refractivity contribution in [1.82, 2.24) is 10.2 Å². The third-order valence-electron chi connectivity index (χ3n) is 3.50. The minimum Gasteiger partial charge on any atom is -0.353 e. The molecular weight excluding hydrogens is 250 g/mol. The lowest BCUT2D eigenvalue weighted by Gasteiger charge is -2.34. The van der Waals surface area contributed by atoms with E-state index in [1.54, 1.807) is 0 Å². The molecule has 4 heteroatoms. The molecule has 1 heterocycles. The summed E-state index contributed by atoms with van der Waals surface area (Å²) in [5, 5.41) is 2.92. The van der Waals surface area contributed by atoms with Crippen LogP contribution in [0.5, 0.6) is 0 Å². The summed E-state index contributed by atoms with van der Waals surface area (Å²) in [7, 11) is 0. The van der Waals surface area contributed by atoms with Crippen molar-refractivity contribution in [3.8, 4) is 11.8 Å². The maximum atomic E-state index is 11.8. The Kier molecular flexibility index (Phi) is 5.16. The van der Waals surface area contributed by atoms with Crippen LogP contribution in [0.3, 0.4) is 0 Å². The standard InChI is InChI=1S/C16H21N3O/c1-2-15-16(20)18-10-11-19(15)12-14-7-5-13(6-8-14)4-3-9-17/h5-8,15H,2,9-12,17H2,1H3,(H,18,20). The quantitative estimate of drug-likeness (QED) is 0.796. The molecule has 20 heavy (non-hydrogen) atoms. The molecule has 1 fully saturated rings. The average molecular weight is 271 g/mol. The monoisotopic (exact) mass is 271 g/mol. The number of amides is 1. The first kappa shape index (κ1) is 14.6. The van der Waals surface area contributed by atoms with Crippen LogP contribution in [0.4, 0.5) is 0 Å². The lowest BCUT2D eigenvalue weighted by Crippen LogP contribution is -2.54. The van der Waals surface area contributed by atoms with E-state index in [0.29, 0.717) is 6.54 Å². The highest BCUT2D eigenvalue weighted by Gasteiger charge is 2.27. The molecule has 0 saturated carbocycles. The van der Waals surface area contributed by atoms with Crippen LogP contribution in [0.1, 0.15) is 24.5 Å². The second-order valence-corrected chi connectivity index (χ2v) is 4.89. The minimum absolute atomic E-state index is 0.0135. The molecule has 4 nitrogen and oxygen atoms in total. The summed E-state index contributed by atoms with van der Waals surface area (Å²) in [5.74, 6) is 5.99. The van der Waals surface area contributed by atoms with E-state index in [-0.39, 0.29) is 11.9 Å². The van der Waals surface area contributed by atoms with Crippen LogP contribution in [0, 0.1) is 11.8 Å². The molecule has 1 amide bonds. The van der Waals surface area contributed by atoms with Gasteiger partial charge in [0, 0.05) is 25.2 Å². The van der Waals surface area contributed by atoms with Crippen molar-refractivity contribution in [2.75, 3.05) is 19.6 Å². The van der Waals surface area contributed by atoms with Crippen molar-refractivity contribution < 1.29 is 4.79 Å². The van der Waals surface area contributed by atoms with Gasteiger partial charge < -0.3 is 11.1 Å². The number of nitrogens with one attached hydrogen (secondary N) is 1. The van der Waals surface area contributed by atoms with E-state index in [4.69, 9.17) is 5.73 Å². The van der Waals surface area contributed by atoms with Gasteiger partial charge in [-0.3, -0.25) is 9.69 Å². The van der Waals surface area contributed by atoms with Crippen molar-refractivity contribution in [2.45, 2.75) is 25.9 Å². The first-order valence-electron chi connectivity index (χ1n) is 7.04. The fourth-order valence-corrected chi connectivity index (χ4v) is 2.48. The summed E-state index contributed by atoms with van der Waals surface area (Å²) >= 11 is 0. The molecule has 2 rings (SSSR count). The summed E-state index contributed by atoms with van der Waals surface area (Å²) in [4.78, 5) is 14.1. The predicted octanol–water partition coefficient (Wildman–Crippen LogP) is 0.707. The molecule has 0 bridgehead atoms. The van der Waals surface area contributed by atoms with Crippen molar-refractivity contribution >= 4 is 5.91 Å². The molecule has 1 aromatic carbocycles. The minimum atomic E-state index is -0.0135. The third kappa shape index (κ3) is 3.60. The van der Waals surface area contributed by atoms with Crippen LogP contribution >= 0.6 is 0 Å². The van der Waals surface area contributed by atoms with Crippen molar-refractivity contribution in [3.05, 3.63) is 35.4 Å². The van der Waals surface area contributed by atoms with Crippen LogP contribution in [-0.4, -0.2) is 36.5 Å². The Hall–Kier alpha value is -1.83. The first-order valence-corrected chi connectivity index (χ1v) is 7.04. The highest BCUT2D eigenvalue weighted by molar-refractivity contribution is 5.82. The smallest absolute Gasteiger partial charge is 0.237 e. The van der Waals surface area contributed by atoms with Gasteiger partial charge in [0.15, 0.2) is 0 Å². The average Bonchev–Trinajstić information content (AvgIpc) is 2.47. The number of piperazine rings is 1. The molecule has 0 radical (unpaired) electrons. The van der Waals surface area contributed by atoms with Crippen LogP contribution in [-0.2, 0) is 11.3 Å². The maximum absolute atomic E-state index is 11.8. The van der Waals surface area contributed by atoms with Gasteiger partial charge in [-0.15, -0.1) is 0 Å². The zero-order chi connectivity index (χ0) is 14.4. The van der Waals surface area contributed by atoms with Crippen LogP contribution in [0.25, 0.3) is 0 Å². The number of nitrogens with zero attached hydrogens (tertiary/aromatic N) is 1. The lowest BCUT2D eigenvalue weighted by molar-refractivity contribution is -0.129. The highest BCUT2D eigenvalue weighted by atomic mass is 16.2. The normalized spacial score (nSPS) is 19.1. The van der Waals surface area contributed by atoms with E-state index in [9.17, 15) is 4.79 Å². The molecule has 0 spiro atoms. The van der Waals surface area contributed by atoms with Gasteiger partial charge in [0.25, 0.3) is 0 Å². The van der Waals surface area contributed by atoms with Gasteiger partial charge in [0.1, 0.15) is 0 Å². The Bertz CT molecular complexity index is 513. The Balaban J connectivity index is 2.03. The molecular formula is C16H21N3O. The fourth-order valence-electron chi connectivity index (χ4n) is 2.48. The maximum Gasteiger partial charge on any atom is 0.237 e. The molecule has 1 aliphatic rings. The summed E-state index contributed by atoms with van der Waals surface area (Å²) < 4.78 is 0. The zero-order valence-electron chi connectivity index (χ0n) is 11.9. The number of hydrogen-bond donors (Lipinski definition) is 2. The number of carbonyl (C=O) groups is 1. The van der Waals surface area contributed by atoms with Crippen LogP contribution in [0.15, 0.2) is 24.3 Å². The summed E-state index contributed by atoms with van der Waals surface area (Å²) in [6, 6.07) is 8.13. The van der Waals surface area contributed by atoms with Gasteiger partial charge in [-0.25, -0.2) is 0 Å². The molecule has 3 N–H and O–H groups in total. The number of rotatable bonds is 3. The second-order valence-electron chi connectivity index (χ2n) is 4.89. The number of carbonyl (C=O) groups excluding carboxylic acids is 1. The Labute approximate surface area is 120 Å². The van der Waals surface area contributed by atoms with E-state index in [2.05, 4.69) is 34.2 Å². The van der Waals surface area contributed by atoms with E-state index < -0.39 is 0 Å². The molecule has 1 unspecified atom stereocenters. The van der Waals surface area contributed by atoms with Crippen molar-refractivity contribution in [2.24, 2.45) is 5.73 Å². The zero-order valence-corrected chi connectivity index (χ0v) is 11.9. The third-order valence-corrected chi connectivity index (χ3v) is 3.50. The van der Waals surface area contributed by atoms with Gasteiger partial charge >= 0.3 is 0 Å². The Morgan fingerprint density at radius 1 is 1.40 bits per heavy atom. The molecule has 1 aromatic rings. The van der Waals surface area contributed by atoms with E-state index in [1.165, 1.54) is 5.56 Å². The second kappa shape index (κ2) is 7.09. The summed E-state index contributed by atoms with van der Waals surface area (Å²) in [6.07, 6.45) is 0.839. The first-order chi connectivity index (χ1) is 9.74. The lowest BCUT2D eigenvalue weighted by atomic mass is 10.1. The van der Waals surface area contributed by atoms with Crippen molar-refractivity contribution in [3.63, 3.8) is 0 Å².